The summed E-state index contributed by atoms with van der Waals surface area (Å²) in [5, 5.41) is 1.21. The van der Waals surface area contributed by atoms with E-state index in [1.807, 2.05) is 0 Å². The molecular weight excluding hydrogens is 319 g/mol. The van der Waals surface area contributed by atoms with Crippen LogP contribution in [-0.2, 0) is 4.84 Å². The summed E-state index contributed by atoms with van der Waals surface area (Å²) in [4.78, 5) is 12.4. The van der Waals surface area contributed by atoms with Crippen molar-refractivity contribution in [3.8, 4) is 0 Å². The van der Waals surface area contributed by atoms with E-state index in [4.69, 9.17) is 16.4 Å². The van der Waals surface area contributed by atoms with Crippen LogP contribution < -0.4 is 5.06 Å². The molecule has 2 aromatic rings. The lowest BCUT2D eigenvalue weighted by Gasteiger charge is -2.23. The second-order valence-electron chi connectivity index (χ2n) is 4.47. The number of rotatable bonds is 2. The largest absolute Gasteiger partial charge is 0.471 e. The van der Waals surface area contributed by atoms with E-state index in [1.165, 1.54) is 18.3 Å². The molecule has 0 saturated carbocycles. The van der Waals surface area contributed by atoms with Gasteiger partial charge in [0.05, 0.1) is 5.69 Å². The molecule has 0 N–H and O–H groups in total. The Morgan fingerprint density at radius 2 is 1.86 bits per heavy atom. The Bertz CT molecular complexity index is 706. The quantitative estimate of drug-likeness (QED) is 0.778. The molecule has 0 fully saturated rings. The van der Waals surface area contributed by atoms with Gasteiger partial charge >= 0.3 is 12.1 Å². The van der Waals surface area contributed by atoms with Crippen molar-refractivity contribution in [2.45, 2.75) is 12.3 Å². The molecule has 114 valence electrons. The Labute approximate surface area is 128 Å². The number of anilines is 1. The lowest BCUT2D eigenvalue weighted by atomic mass is 10.1. The second-order valence-corrected chi connectivity index (χ2v) is 4.86. The molecule has 2 heterocycles. The number of hydroxylamine groups is 1. The van der Waals surface area contributed by atoms with Crippen LogP contribution in [0, 0.1) is 0 Å². The summed E-state index contributed by atoms with van der Waals surface area (Å²) in [5.41, 5.74) is 0.895. The van der Waals surface area contributed by atoms with E-state index in [0.717, 1.165) is 5.06 Å². The van der Waals surface area contributed by atoms with E-state index in [-0.39, 0.29) is 5.15 Å². The van der Waals surface area contributed by atoms with Crippen LogP contribution in [0.5, 0.6) is 0 Å². The van der Waals surface area contributed by atoms with Gasteiger partial charge in [0, 0.05) is 12.3 Å². The predicted octanol–water partition coefficient (Wildman–Crippen LogP) is 4.15. The number of aliphatic imine (C=N–C) groups is 1. The summed E-state index contributed by atoms with van der Waals surface area (Å²) in [7, 11) is 0. The molecular formula is C14H9ClF3N3O. The SMILES string of the molecule is FC(F)(F)C1=NC(c2ccccc2)N(c2ccnc(Cl)c2)O1. The third-order valence-electron chi connectivity index (χ3n) is 2.95. The summed E-state index contributed by atoms with van der Waals surface area (Å²) in [6.07, 6.45) is -4.23. The first kappa shape index (κ1) is 14.6. The molecule has 0 amide bonds. The molecule has 8 heteroatoms. The Balaban J connectivity index is 2.02. The maximum Gasteiger partial charge on any atom is 0.471 e. The molecule has 3 rings (SSSR count). The smallest absolute Gasteiger partial charge is 0.352 e. The van der Waals surface area contributed by atoms with E-state index >= 15 is 0 Å². The Morgan fingerprint density at radius 1 is 1.14 bits per heavy atom. The zero-order valence-electron chi connectivity index (χ0n) is 11.0. The third-order valence-corrected chi connectivity index (χ3v) is 3.16. The molecule has 0 radical (unpaired) electrons. The van der Waals surface area contributed by atoms with Crippen LogP contribution in [0.1, 0.15) is 11.7 Å². The van der Waals surface area contributed by atoms with Gasteiger partial charge in [-0.3, -0.25) is 0 Å². The molecule has 4 nitrogen and oxygen atoms in total. The van der Waals surface area contributed by atoms with E-state index < -0.39 is 18.2 Å². The van der Waals surface area contributed by atoms with Crippen LogP contribution in [0.4, 0.5) is 18.9 Å². The molecule has 1 aliphatic heterocycles. The summed E-state index contributed by atoms with van der Waals surface area (Å²) < 4.78 is 38.7. The van der Waals surface area contributed by atoms with Crippen molar-refractivity contribution < 1.29 is 18.0 Å². The van der Waals surface area contributed by atoms with Gasteiger partial charge in [0.2, 0.25) is 0 Å². The molecule has 0 spiro atoms. The molecule has 22 heavy (non-hydrogen) atoms. The lowest BCUT2D eigenvalue weighted by Crippen LogP contribution is -2.29. The minimum atomic E-state index is -4.67. The van der Waals surface area contributed by atoms with Crippen molar-refractivity contribution in [1.29, 1.82) is 0 Å². The molecule has 1 atom stereocenters. The first-order valence-electron chi connectivity index (χ1n) is 6.24. The van der Waals surface area contributed by atoms with Crippen molar-refractivity contribution >= 4 is 23.2 Å². The van der Waals surface area contributed by atoms with Crippen LogP contribution in [0.3, 0.4) is 0 Å². The minimum absolute atomic E-state index is 0.147. The highest BCUT2D eigenvalue weighted by Gasteiger charge is 2.46. The normalized spacial score (nSPS) is 18.1. The van der Waals surface area contributed by atoms with Gasteiger partial charge in [0.15, 0.2) is 6.17 Å². The number of hydrogen-bond acceptors (Lipinski definition) is 4. The average Bonchev–Trinajstić information content (AvgIpc) is 2.93. The maximum absolute atomic E-state index is 12.9. The Hall–Kier alpha value is -2.28. The molecule has 0 saturated heterocycles. The van der Waals surface area contributed by atoms with Gasteiger partial charge in [0.25, 0.3) is 0 Å². The van der Waals surface area contributed by atoms with Gasteiger partial charge in [-0.2, -0.15) is 18.2 Å². The number of halogens is 4. The topological polar surface area (TPSA) is 37.7 Å². The van der Waals surface area contributed by atoms with Crippen molar-refractivity contribution in [2.24, 2.45) is 4.99 Å². The van der Waals surface area contributed by atoms with Gasteiger partial charge < -0.3 is 4.84 Å². The lowest BCUT2D eigenvalue weighted by molar-refractivity contribution is -0.0766. The number of aromatic nitrogens is 1. The number of benzene rings is 1. The number of nitrogens with zero attached hydrogens (tertiary/aromatic N) is 3. The van der Waals surface area contributed by atoms with Crippen LogP contribution in [0.25, 0.3) is 0 Å². The zero-order valence-corrected chi connectivity index (χ0v) is 11.7. The zero-order chi connectivity index (χ0) is 15.7. The van der Waals surface area contributed by atoms with Gasteiger partial charge in [-0.05, 0) is 11.6 Å². The standard InChI is InChI=1S/C14H9ClF3N3O/c15-11-8-10(6-7-19-11)21-12(9-4-2-1-3-5-9)20-13(22-21)14(16,17)18/h1-8,12H. The van der Waals surface area contributed by atoms with Crippen molar-refractivity contribution in [3.05, 3.63) is 59.4 Å². The molecule has 1 aromatic heterocycles. The first-order chi connectivity index (χ1) is 10.4. The fraction of sp³-hybridized carbons (Fsp3) is 0.143. The molecule has 1 unspecified atom stereocenters. The van der Waals surface area contributed by atoms with Crippen LogP contribution in [-0.4, -0.2) is 17.1 Å². The van der Waals surface area contributed by atoms with Gasteiger partial charge in [-0.15, -0.1) is 0 Å². The van der Waals surface area contributed by atoms with Crippen LogP contribution in [0.15, 0.2) is 53.7 Å². The highest BCUT2D eigenvalue weighted by atomic mass is 35.5. The van der Waals surface area contributed by atoms with Crippen LogP contribution in [0.2, 0.25) is 5.15 Å². The van der Waals surface area contributed by atoms with Gasteiger partial charge in [-0.25, -0.2) is 9.98 Å². The average molecular weight is 328 g/mol. The summed E-state index contributed by atoms with van der Waals surface area (Å²) in [6.45, 7) is 0. The highest BCUT2D eigenvalue weighted by Crippen LogP contribution is 2.37. The summed E-state index contributed by atoms with van der Waals surface area (Å²) in [6, 6.07) is 11.5. The highest BCUT2D eigenvalue weighted by molar-refractivity contribution is 6.29. The molecule has 0 aliphatic carbocycles. The monoisotopic (exact) mass is 327 g/mol. The van der Waals surface area contributed by atoms with E-state index in [1.54, 1.807) is 30.3 Å². The van der Waals surface area contributed by atoms with E-state index in [2.05, 4.69) is 9.98 Å². The second kappa shape index (κ2) is 5.49. The fourth-order valence-corrected chi connectivity index (χ4v) is 2.18. The number of pyridine rings is 1. The van der Waals surface area contributed by atoms with Gasteiger partial charge in [0.1, 0.15) is 5.15 Å². The predicted molar refractivity (Wildman–Crippen MR) is 75.5 cm³/mol. The minimum Gasteiger partial charge on any atom is -0.352 e. The summed E-state index contributed by atoms with van der Waals surface area (Å²) >= 11 is 5.79. The first-order valence-corrected chi connectivity index (χ1v) is 6.61. The van der Waals surface area contributed by atoms with E-state index in [9.17, 15) is 13.2 Å². The number of alkyl halides is 3. The van der Waals surface area contributed by atoms with Gasteiger partial charge in [-0.1, -0.05) is 41.9 Å². The van der Waals surface area contributed by atoms with Crippen molar-refractivity contribution in [1.82, 2.24) is 4.98 Å². The van der Waals surface area contributed by atoms with E-state index in [0.29, 0.717) is 11.3 Å². The fourth-order valence-electron chi connectivity index (χ4n) is 2.01. The Morgan fingerprint density at radius 3 is 2.50 bits per heavy atom. The Kier molecular flexibility index (Phi) is 3.66. The third kappa shape index (κ3) is 2.85. The maximum atomic E-state index is 12.9. The number of hydrogen-bond donors (Lipinski definition) is 0. The summed E-state index contributed by atoms with van der Waals surface area (Å²) in [5.74, 6) is -1.30. The van der Waals surface area contributed by atoms with Crippen molar-refractivity contribution in [2.75, 3.05) is 5.06 Å². The van der Waals surface area contributed by atoms with Crippen LogP contribution >= 0.6 is 11.6 Å². The molecule has 1 aromatic carbocycles. The molecule has 1 aliphatic rings. The molecule has 0 bridgehead atoms. The van der Waals surface area contributed by atoms with Crippen molar-refractivity contribution in [3.63, 3.8) is 0 Å².